The van der Waals surface area contributed by atoms with Crippen LogP contribution in [0.15, 0.2) is 12.1 Å². The first-order valence-electron chi connectivity index (χ1n) is 7.11. The summed E-state index contributed by atoms with van der Waals surface area (Å²) in [6, 6.07) is 2.47. The minimum atomic E-state index is -0.747. The molecule has 0 unspecified atom stereocenters. The maximum Gasteiger partial charge on any atom is 0.341 e. The summed E-state index contributed by atoms with van der Waals surface area (Å²) in [6.07, 6.45) is 0. The third kappa shape index (κ3) is 4.45. The smallest absolute Gasteiger partial charge is 0.341 e. The van der Waals surface area contributed by atoms with E-state index in [1.165, 1.54) is 12.1 Å². The molecular formula is C16H19O7. The Kier molecular flexibility index (Phi) is 7.05. The quantitative estimate of drug-likeness (QED) is 0.562. The van der Waals surface area contributed by atoms with E-state index in [2.05, 4.69) is 7.11 Å². The predicted octanol–water partition coefficient (Wildman–Crippen LogP) is 2.39. The van der Waals surface area contributed by atoms with E-state index in [1.807, 2.05) is 0 Å². The summed E-state index contributed by atoms with van der Waals surface area (Å²) in [5.74, 6) is -2.29. The number of benzene rings is 1. The first kappa shape index (κ1) is 18.5. The first-order valence-corrected chi connectivity index (χ1v) is 7.11. The van der Waals surface area contributed by atoms with Crippen molar-refractivity contribution in [2.24, 2.45) is 0 Å². The largest absolute Gasteiger partial charge is 0.488 e. The summed E-state index contributed by atoms with van der Waals surface area (Å²) < 4.78 is 19.6. The van der Waals surface area contributed by atoms with Crippen molar-refractivity contribution in [2.75, 3.05) is 19.8 Å². The van der Waals surface area contributed by atoms with Crippen LogP contribution in [0.4, 0.5) is 0 Å². The van der Waals surface area contributed by atoms with Crippen LogP contribution in [0.1, 0.15) is 51.8 Å². The molecule has 0 N–H and O–H groups in total. The fourth-order valence-corrected chi connectivity index (χ4v) is 1.84. The lowest BCUT2D eigenvalue weighted by molar-refractivity contribution is 0.0518. The highest BCUT2D eigenvalue weighted by atomic mass is 16.5. The Hall–Kier alpha value is -2.57. The lowest BCUT2D eigenvalue weighted by atomic mass is 10.0. The molecule has 7 nitrogen and oxygen atoms in total. The molecule has 7 heteroatoms. The van der Waals surface area contributed by atoms with E-state index >= 15 is 0 Å². The van der Waals surface area contributed by atoms with Crippen molar-refractivity contribution < 1.29 is 33.3 Å². The minimum absolute atomic E-state index is 0.0127. The molecule has 23 heavy (non-hydrogen) atoms. The highest BCUT2D eigenvalue weighted by Gasteiger charge is 2.25. The van der Waals surface area contributed by atoms with Gasteiger partial charge < -0.3 is 18.9 Å². The van der Waals surface area contributed by atoms with Crippen molar-refractivity contribution in [3.05, 3.63) is 35.9 Å². The van der Waals surface area contributed by atoms with Crippen molar-refractivity contribution in [1.29, 1.82) is 0 Å². The van der Waals surface area contributed by atoms with Gasteiger partial charge in [-0.1, -0.05) is 0 Å². The molecule has 1 aromatic rings. The minimum Gasteiger partial charge on any atom is -0.488 e. The number of esters is 3. The van der Waals surface area contributed by atoms with E-state index in [0.29, 0.717) is 0 Å². The number of rotatable bonds is 7. The van der Waals surface area contributed by atoms with E-state index in [1.54, 1.807) is 20.8 Å². The van der Waals surface area contributed by atoms with Gasteiger partial charge in [0.1, 0.15) is 24.0 Å². The summed E-state index contributed by atoms with van der Waals surface area (Å²) in [6.45, 7) is 5.29. The Morgan fingerprint density at radius 3 is 1.57 bits per heavy atom. The van der Waals surface area contributed by atoms with Crippen LogP contribution in [-0.2, 0) is 14.2 Å². The van der Waals surface area contributed by atoms with Crippen molar-refractivity contribution >= 4 is 17.9 Å². The van der Waals surface area contributed by atoms with Gasteiger partial charge in [0.15, 0.2) is 0 Å². The molecule has 0 spiro atoms. The zero-order valence-corrected chi connectivity index (χ0v) is 13.3. The van der Waals surface area contributed by atoms with E-state index in [4.69, 9.17) is 18.9 Å². The maximum atomic E-state index is 12.1. The van der Waals surface area contributed by atoms with Gasteiger partial charge in [0, 0.05) is 0 Å². The van der Waals surface area contributed by atoms with Gasteiger partial charge in [0.05, 0.1) is 25.4 Å². The lowest BCUT2D eigenvalue weighted by Crippen LogP contribution is -2.15. The highest BCUT2D eigenvalue weighted by molar-refractivity contribution is 6.04. The Morgan fingerprint density at radius 2 is 1.22 bits per heavy atom. The third-order valence-corrected chi connectivity index (χ3v) is 2.74. The summed E-state index contributed by atoms with van der Waals surface area (Å²) in [5.41, 5.74) is -0.190. The van der Waals surface area contributed by atoms with Crippen LogP contribution >= 0.6 is 0 Å². The van der Waals surface area contributed by atoms with Crippen LogP contribution in [0, 0.1) is 7.11 Å². The van der Waals surface area contributed by atoms with Crippen molar-refractivity contribution in [1.82, 2.24) is 0 Å². The average molecular weight is 323 g/mol. The van der Waals surface area contributed by atoms with Crippen molar-refractivity contribution in [2.45, 2.75) is 20.8 Å². The van der Waals surface area contributed by atoms with Gasteiger partial charge in [-0.25, -0.2) is 14.4 Å². The molecule has 1 rings (SSSR count). The molecule has 1 aromatic carbocycles. The molecule has 0 saturated heterocycles. The number of hydrogen-bond acceptors (Lipinski definition) is 7. The summed E-state index contributed by atoms with van der Waals surface area (Å²) in [4.78, 5) is 36.0. The van der Waals surface area contributed by atoms with Gasteiger partial charge in [0.25, 0.3) is 0 Å². The lowest BCUT2D eigenvalue weighted by Gasteiger charge is -2.14. The molecule has 0 saturated carbocycles. The van der Waals surface area contributed by atoms with Crippen LogP contribution in [-0.4, -0.2) is 37.7 Å². The van der Waals surface area contributed by atoms with E-state index in [9.17, 15) is 14.4 Å². The molecular weight excluding hydrogens is 304 g/mol. The standard InChI is InChI=1S/C16H19O7/c1-5-21-14(17)10-8-11(15(18)22-6-2)13(20-4)12(9-10)16(19)23-7-3/h8-9H,4-7H2,1-3H3. The van der Waals surface area contributed by atoms with Gasteiger partial charge in [-0.15, -0.1) is 0 Å². The topological polar surface area (TPSA) is 88.1 Å². The third-order valence-electron chi connectivity index (χ3n) is 2.74. The number of carbonyl (C=O) groups excluding carboxylic acids is 3. The van der Waals surface area contributed by atoms with Gasteiger partial charge in [-0.2, -0.15) is 0 Å². The molecule has 0 fully saturated rings. The average Bonchev–Trinajstić information content (AvgIpc) is 2.54. The van der Waals surface area contributed by atoms with Crippen molar-refractivity contribution in [3.8, 4) is 5.75 Å². The SMILES string of the molecule is [CH2]Oc1c(C(=O)OCC)cc(C(=O)OCC)cc1C(=O)OCC. The fourth-order valence-electron chi connectivity index (χ4n) is 1.84. The first-order chi connectivity index (χ1) is 11.0. The Morgan fingerprint density at radius 1 is 0.826 bits per heavy atom. The number of ether oxygens (including phenoxy) is 4. The number of carbonyl (C=O) groups is 3. The normalized spacial score (nSPS) is 9.91. The monoisotopic (exact) mass is 323 g/mol. The second kappa shape index (κ2) is 8.77. The molecule has 0 aliphatic heterocycles. The summed E-state index contributed by atoms with van der Waals surface area (Å²) in [5, 5.41) is 0. The van der Waals surface area contributed by atoms with Crippen LogP contribution in [0.3, 0.4) is 0 Å². The zero-order valence-electron chi connectivity index (χ0n) is 13.3. The van der Waals surface area contributed by atoms with E-state index in [-0.39, 0.29) is 42.3 Å². The second-order valence-electron chi connectivity index (χ2n) is 4.21. The van der Waals surface area contributed by atoms with Gasteiger partial charge in [-0.3, -0.25) is 0 Å². The van der Waals surface area contributed by atoms with Crippen LogP contribution in [0.5, 0.6) is 5.75 Å². The van der Waals surface area contributed by atoms with Crippen LogP contribution < -0.4 is 4.74 Å². The van der Waals surface area contributed by atoms with E-state index < -0.39 is 17.9 Å². The molecule has 0 atom stereocenters. The zero-order chi connectivity index (χ0) is 17.4. The van der Waals surface area contributed by atoms with Gasteiger partial charge in [-0.05, 0) is 32.9 Å². The van der Waals surface area contributed by atoms with Crippen LogP contribution in [0.25, 0.3) is 0 Å². The maximum absolute atomic E-state index is 12.1. The molecule has 0 heterocycles. The number of hydrogen-bond donors (Lipinski definition) is 0. The molecule has 0 bridgehead atoms. The van der Waals surface area contributed by atoms with Crippen LogP contribution in [0.2, 0.25) is 0 Å². The Labute approximate surface area is 134 Å². The summed E-state index contributed by atoms with van der Waals surface area (Å²) in [7, 11) is 3.24. The fraction of sp³-hybridized carbons (Fsp3) is 0.375. The molecule has 0 aliphatic carbocycles. The summed E-state index contributed by atoms with van der Waals surface area (Å²) >= 11 is 0. The Balaban J connectivity index is 3.49. The van der Waals surface area contributed by atoms with Gasteiger partial charge >= 0.3 is 17.9 Å². The molecule has 0 aliphatic rings. The predicted molar refractivity (Wildman–Crippen MR) is 80.3 cm³/mol. The highest BCUT2D eigenvalue weighted by Crippen LogP contribution is 2.28. The molecule has 1 radical (unpaired) electrons. The van der Waals surface area contributed by atoms with E-state index in [0.717, 1.165) is 0 Å². The Bertz CT molecular complexity index is 553. The van der Waals surface area contributed by atoms with Gasteiger partial charge in [0.2, 0.25) is 0 Å². The van der Waals surface area contributed by atoms with Crippen molar-refractivity contribution in [3.63, 3.8) is 0 Å². The molecule has 0 amide bonds. The second-order valence-corrected chi connectivity index (χ2v) is 4.21. The molecule has 125 valence electrons. The molecule has 0 aromatic heterocycles.